The maximum Gasteiger partial charge on any atom is 0.329 e. The molecule has 19 heavy (non-hydrogen) atoms. The van der Waals surface area contributed by atoms with Crippen LogP contribution in [0.15, 0.2) is 0 Å². The Morgan fingerprint density at radius 3 is 2.53 bits per heavy atom. The molecule has 0 aliphatic heterocycles. The molecular formula is C12H21N3O4. The number of urea groups is 1. The van der Waals surface area contributed by atoms with Crippen molar-refractivity contribution in [1.29, 1.82) is 5.26 Å². The van der Waals surface area contributed by atoms with E-state index in [-0.39, 0.29) is 19.4 Å². The number of nitrogens with one attached hydrogen (secondary N) is 1. The molecule has 0 saturated carbocycles. The highest BCUT2D eigenvalue weighted by molar-refractivity contribution is 5.85. The summed E-state index contributed by atoms with van der Waals surface area (Å²) in [5, 5.41) is 20.1. The molecule has 0 radical (unpaired) electrons. The lowest BCUT2D eigenvalue weighted by Gasteiger charge is -2.29. The number of carboxylic acid groups (broad SMARTS) is 1. The molecule has 0 bridgehead atoms. The van der Waals surface area contributed by atoms with Gasteiger partial charge in [-0.05, 0) is 13.3 Å². The second-order valence-corrected chi connectivity index (χ2v) is 4.31. The minimum atomic E-state index is -1.31. The molecule has 0 aliphatic rings. The summed E-state index contributed by atoms with van der Waals surface area (Å²) < 4.78 is 4.89. The van der Waals surface area contributed by atoms with Gasteiger partial charge in [0, 0.05) is 20.2 Å². The first kappa shape index (κ1) is 17.2. The molecule has 2 N–H and O–H groups in total. The summed E-state index contributed by atoms with van der Waals surface area (Å²) >= 11 is 0. The van der Waals surface area contributed by atoms with Crippen molar-refractivity contribution in [2.24, 2.45) is 0 Å². The Bertz CT molecular complexity index is 353. The van der Waals surface area contributed by atoms with Crippen molar-refractivity contribution in [3.63, 3.8) is 0 Å². The lowest BCUT2D eigenvalue weighted by molar-refractivity contribution is -0.143. The molecule has 0 aliphatic carbocycles. The summed E-state index contributed by atoms with van der Waals surface area (Å²) in [7, 11) is 1.51. The zero-order valence-electron chi connectivity index (χ0n) is 11.6. The fourth-order valence-electron chi connectivity index (χ4n) is 1.31. The van der Waals surface area contributed by atoms with Gasteiger partial charge in [0.1, 0.15) is 5.54 Å². The summed E-state index contributed by atoms with van der Waals surface area (Å²) in [5.74, 6) is -1.09. The fraction of sp³-hybridized carbons (Fsp3) is 0.750. The highest BCUT2D eigenvalue weighted by Crippen LogP contribution is 2.10. The molecule has 0 spiro atoms. The number of amides is 2. The van der Waals surface area contributed by atoms with Gasteiger partial charge in [-0.1, -0.05) is 6.92 Å². The van der Waals surface area contributed by atoms with Gasteiger partial charge in [-0.15, -0.1) is 0 Å². The number of nitriles is 1. The highest BCUT2D eigenvalue weighted by atomic mass is 16.5. The van der Waals surface area contributed by atoms with Gasteiger partial charge in [-0.25, -0.2) is 9.59 Å². The van der Waals surface area contributed by atoms with E-state index in [2.05, 4.69) is 5.32 Å². The van der Waals surface area contributed by atoms with E-state index in [1.807, 2.05) is 6.07 Å². The average Bonchev–Trinajstić information content (AvgIpc) is 2.38. The van der Waals surface area contributed by atoms with E-state index < -0.39 is 17.5 Å². The number of hydrogen-bond donors (Lipinski definition) is 2. The predicted octanol–water partition coefficient (Wildman–Crippen LogP) is 0.811. The summed E-state index contributed by atoms with van der Waals surface area (Å²) in [6.45, 7) is 4.01. The first-order valence-electron chi connectivity index (χ1n) is 6.07. The molecule has 2 amide bonds. The molecule has 0 fully saturated rings. The van der Waals surface area contributed by atoms with Crippen LogP contribution >= 0.6 is 0 Å². The van der Waals surface area contributed by atoms with E-state index in [1.54, 1.807) is 6.92 Å². The second-order valence-electron chi connectivity index (χ2n) is 4.31. The third-order valence-corrected chi connectivity index (χ3v) is 2.91. The van der Waals surface area contributed by atoms with Crippen LogP contribution < -0.4 is 5.32 Å². The van der Waals surface area contributed by atoms with E-state index in [4.69, 9.17) is 15.1 Å². The number of rotatable bonds is 8. The molecule has 1 atom stereocenters. The van der Waals surface area contributed by atoms with Gasteiger partial charge in [0.2, 0.25) is 0 Å². The number of carbonyl (C=O) groups excluding carboxylic acids is 1. The molecule has 0 heterocycles. The van der Waals surface area contributed by atoms with Crippen molar-refractivity contribution < 1.29 is 19.4 Å². The fourth-order valence-corrected chi connectivity index (χ4v) is 1.31. The lowest BCUT2D eigenvalue weighted by atomic mass is 10.00. The molecule has 7 nitrogen and oxygen atoms in total. The normalized spacial score (nSPS) is 13.2. The Morgan fingerprint density at radius 1 is 1.47 bits per heavy atom. The van der Waals surface area contributed by atoms with Crippen LogP contribution in [0.1, 0.15) is 26.7 Å². The van der Waals surface area contributed by atoms with Crippen LogP contribution in [0.4, 0.5) is 4.79 Å². The van der Waals surface area contributed by atoms with E-state index in [0.717, 1.165) is 0 Å². The van der Waals surface area contributed by atoms with Crippen LogP contribution in [0.5, 0.6) is 0 Å². The van der Waals surface area contributed by atoms with Crippen LogP contribution in [0.3, 0.4) is 0 Å². The SMILES string of the molecule is CCC(C)(NC(=O)N(CCC#N)CCOC)C(=O)O. The first-order chi connectivity index (χ1) is 8.91. The molecule has 0 aromatic carbocycles. The van der Waals surface area contributed by atoms with Crippen molar-refractivity contribution in [1.82, 2.24) is 10.2 Å². The smallest absolute Gasteiger partial charge is 0.329 e. The third kappa shape index (κ3) is 5.57. The first-order valence-corrected chi connectivity index (χ1v) is 6.07. The molecule has 0 aromatic heterocycles. The minimum Gasteiger partial charge on any atom is -0.480 e. The largest absolute Gasteiger partial charge is 0.480 e. The maximum atomic E-state index is 12.0. The topological polar surface area (TPSA) is 103 Å². The Balaban J connectivity index is 4.70. The van der Waals surface area contributed by atoms with Gasteiger partial charge in [0.25, 0.3) is 0 Å². The van der Waals surface area contributed by atoms with Crippen LogP contribution in [-0.2, 0) is 9.53 Å². The van der Waals surface area contributed by atoms with E-state index in [9.17, 15) is 9.59 Å². The lowest BCUT2D eigenvalue weighted by Crippen LogP contribution is -2.56. The molecule has 0 rings (SSSR count). The van der Waals surface area contributed by atoms with Gasteiger partial charge < -0.3 is 20.1 Å². The Labute approximate surface area is 113 Å². The van der Waals surface area contributed by atoms with E-state index in [1.165, 1.54) is 18.9 Å². The summed E-state index contributed by atoms with van der Waals surface area (Å²) in [5.41, 5.74) is -1.31. The molecule has 108 valence electrons. The highest BCUT2D eigenvalue weighted by Gasteiger charge is 2.34. The summed E-state index contributed by atoms with van der Waals surface area (Å²) in [4.78, 5) is 24.5. The third-order valence-electron chi connectivity index (χ3n) is 2.91. The Morgan fingerprint density at radius 2 is 2.11 bits per heavy atom. The van der Waals surface area contributed by atoms with Gasteiger partial charge >= 0.3 is 12.0 Å². The zero-order valence-corrected chi connectivity index (χ0v) is 11.6. The Hall–Kier alpha value is -1.81. The van der Waals surface area contributed by atoms with Crippen molar-refractivity contribution in [3.05, 3.63) is 0 Å². The standard InChI is InChI=1S/C12H21N3O4/c1-4-12(2,10(16)17)14-11(18)15(7-5-6-13)8-9-19-3/h4-5,7-9H2,1-3H3,(H,14,18)(H,16,17). The molecule has 0 aromatic rings. The van der Waals surface area contributed by atoms with Gasteiger partial charge in [0.05, 0.1) is 19.1 Å². The Kier molecular flexibility index (Phi) is 7.53. The van der Waals surface area contributed by atoms with Crippen molar-refractivity contribution >= 4 is 12.0 Å². The summed E-state index contributed by atoms with van der Waals surface area (Å²) in [6, 6.07) is 1.45. The van der Waals surface area contributed by atoms with Crippen LogP contribution in [0, 0.1) is 11.3 Å². The maximum absolute atomic E-state index is 12.0. The second kappa shape index (κ2) is 8.32. The monoisotopic (exact) mass is 271 g/mol. The van der Waals surface area contributed by atoms with Crippen LogP contribution in [0.25, 0.3) is 0 Å². The number of ether oxygens (including phenoxy) is 1. The number of aliphatic carboxylic acids is 1. The molecule has 0 saturated heterocycles. The van der Waals surface area contributed by atoms with Crippen molar-refractivity contribution in [3.8, 4) is 6.07 Å². The summed E-state index contributed by atoms with van der Waals surface area (Å²) in [6.07, 6.45) is 0.456. The number of hydrogen-bond acceptors (Lipinski definition) is 4. The number of nitrogens with zero attached hydrogens (tertiary/aromatic N) is 2. The zero-order chi connectivity index (χ0) is 14.9. The number of methoxy groups -OCH3 is 1. The quantitative estimate of drug-likeness (QED) is 0.680. The van der Waals surface area contributed by atoms with Crippen molar-refractivity contribution in [2.75, 3.05) is 26.8 Å². The minimum absolute atomic E-state index is 0.188. The average molecular weight is 271 g/mol. The number of carboxylic acids is 1. The van der Waals surface area contributed by atoms with E-state index >= 15 is 0 Å². The van der Waals surface area contributed by atoms with Gasteiger partial charge in [0.15, 0.2) is 0 Å². The van der Waals surface area contributed by atoms with Gasteiger partial charge in [-0.3, -0.25) is 0 Å². The van der Waals surface area contributed by atoms with Crippen LogP contribution in [-0.4, -0.2) is 54.4 Å². The predicted molar refractivity (Wildman–Crippen MR) is 68.5 cm³/mol. The van der Waals surface area contributed by atoms with E-state index in [0.29, 0.717) is 13.2 Å². The molecule has 7 heteroatoms. The van der Waals surface area contributed by atoms with Crippen molar-refractivity contribution in [2.45, 2.75) is 32.2 Å². The number of carbonyl (C=O) groups is 2. The molecule has 1 unspecified atom stereocenters. The molecular weight excluding hydrogens is 250 g/mol. The van der Waals surface area contributed by atoms with Gasteiger partial charge in [-0.2, -0.15) is 5.26 Å². The van der Waals surface area contributed by atoms with Crippen LogP contribution in [0.2, 0.25) is 0 Å².